The molecule has 142 valence electrons. The molecule has 1 atom stereocenters. The van der Waals surface area contributed by atoms with Crippen molar-refractivity contribution in [1.29, 1.82) is 0 Å². The third kappa shape index (κ3) is 3.33. The molecule has 1 aromatic carbocycles. The number of benzene rings is 1. The van der Waals surface area contributed by atoms with Gasteiger partial charge >= 0.3 is 0 Å². The number of aromatic nitrogens is 1. The molecule has 0 aliphatic carbocycles. The molecule has 0 saturated carbocycles. The molecule has 3 aliphatic rings. The number of likely N-dealkylation sites (tertiary alicyclic amines) is 1. The van der Waals surface area contributed by atoms with Gasteiger partial charge in [0, 0.05) is 38.7 Å². The first-order valence-electron chi connectivity index (χ1n) is 9.21. The molecule has 2 saturated heterocycles. The SMILES string of the molecule is Fc1cccnc1OC1CCOC2(C1)CN(Cc1ccc3c(c1)OCO3)C2. The summed E-state index contributed by atoms with van der Waals surface area (Å²) in [6.45, 7) is 3.43. The van der Waals surface area contributed by atoms with Crippen molar-refractivity contribution in [2.24, 2.45) is 0 Å². The number of halogens is 1. The van der Waals surface area contributed by atoms with Crippen LogP contribution < -0.4 is 14.2 Å². The van der Waals surface area contributed by atoms with E-state index < -0.39 is 5.82 Å². The number of fused-ring (bicyclic) bond motifs is 1. The Balaban J connectivity index is 1.18. The summed E-state index contributed by atoms with van der Waals surface area (Å²) in [5.41, 5.74) is 0.984. The normalized spacial score (nSPS) is 23.2. The Bertz CT molecular complexity index is 840. The van der Waals surface area contributed by atoms with Crippen LogP contribution in [0.4, 0.5) is 4.39 Å². The van der Waals surface area contributed by atoms with E-state index in [4.69, 9.17) is 18.9 Å². The zero-order chi connectivity index (χ0) is 18.3. The summed E-state index contributed by atoms with van der Waals surface area (Å²) in [6, 6.07) is 8.98. The monoisotopic (exact) mass is 372 g/mol. The van der Waals surface area contributed by atoms with Crippen LogP contribution in [0.5, 0.6) is 17.4 Å². The molecule has 4 heterocycles. The highest BCUT2D eigenvalue weighted by Gasteiger charge is 2.48. The lowest BCUT2D eigenvalue weighted by atomic mass is 9.84. The topological polar surface area (TPSA) is 53.1 Å². The number of ether oxygens (including phenoxy) is 4. The molecule has 0 amide bonds. The van der Waals surface area contributed by atoms with E-state index in [0.717, 1.165) is 44.0 Å². The Hall–Kier alpha value is -2.38. The Morgan fingerprint density at radius 1 is 1.22 bits per heavy atom. The average Bonchev–Trinajstić information content (AvgIpc) is 3.11. The number of nitrogens with zero attached hydrogens (tertiary/aromatic N) is 2. The Morgan fingerprint density at radius 3 is 3.00 bits per heavy atom. The third-order valence-corrected chi connectivity index (χ3v) is 5.32. The Kier molecular flexibility index (Phi) is 4.13. The summed E-state index contributed by atoms with van der Waals surface area (Å²) in [6.07, 6.45) is 2.97. The van der Waals surface area contributed by atoms with Crippen molar-refractivity contribution in [2.45, 2.75) is 31.1 Å². The maximum atomic E-state index is 13.8. The number of pyridine rings is 1. The van der Waals surface area contributed by atoms with E-state index >= 15 is 0 Å². The van der Waals surface area contributed by atoms with Crippen LogP contribution in [-0.2, 0) is 11.3 Å². The van der Waals surface area contributed by atoms with Crippen molar-refractivity contribution in [3.63, 3.8) is 0 Å². The first-order chi connectivity index (χ1) is 13.2. The highest BCUT2D eigenvalue weighted by Crippen LogP contribution is 2.38. The van der Waals surface area contributed by atoms with Crippen LogP contribution >= 0.6 is 0 Å². The highest BCUT2D eigenvalue weighted by atomic mass is 19.1. The summed E-state index contributed by atoms with van der Waals surface area (Å²) < 4.78 is 36.5. The molecule has 1 unspecified atom stereocenters. The lowest BCUT2D eigenvalue weighted by Crippen LogP contribution is -2.65. The fraction of sp³-hybridized carbons (Fsp3) is 0.450. The quantitative estimate of drug-likeness (QED) is 0.823. The van der Waals surface area contributed by atoms with Gasteiger partial charge in [0.2, 0.25) is 6.79 Å². The van der Waals surface area contributed by atoms with Crippen LogP contribution in [0.25, 0.3) is 0 Å². The molecule has 1 aromatic heterocycles. The van der Waals surface area contributed by atoms with Gasteiger partial charge in [0.1, 0.15) is 6.10 Å². The van der Waals surface area contributed by atoms with Crippen LogP contribution in [-0.4, -0.2) is 48.1 Å². The van der Waals surface area contributed by atoms with Crippen molar-refractivity contribution in [2.75, 3.05) is 26.5 Å². The van der Waals surface area contributed by atoms with Crippen LogP contribution in [0.1, 0.15) is 18.4 Å². The average molecular weight is 372 g/mol. The molecular weight excluding hydrogens is 351 g/mol. The number of hydrogen-bond donors (Lipinski definition) is 0. The predicted octanol–water partition coefficient (Wildman–Crippen LogP) is 2.76. The zero-order valence-electron chi connectivity index (χ0n) is 14.9. The van der Waals surface area contributed by atoms with E-state index in [9.17, 15) is 4.39 Å². The van der Waals surface area contributed by atoms with Crippen molar-refractivity contribution < 1.29 is 23.3 Å². The maximum absolute atomic E-state index is 13.8. The number of hydrogen-bond acceptors (Lipinski definition) is 6. The molecule has 0 N–H and O–H groups in total. The van der Waals surface area contributed by atoms with Crippen LogP contribution in [0.2, 0.25) is 0 Å². The molecule has 6 nitrogen and oxygen atoms in total. The predicted molar refractivity (Wildman–Crippen MR) is 94.4 cm³/mol. The molecule has 0 radical (unpaired) electrons. The molecule has 5 rings (SSSR count). The van der Waals surface area contributed by atoms with Gasteiger partial charge in [-0.1, -0.05) is 6.07 Å². The second-order valence-electron chi connectivity index (χ2n) is 7.39. The molecule has 3 aliphatic heterocycles. The van der Waals surface area contributed by atoms with Crippen molar-refractivity contribution >= 4 is 0 Å². The number of rotatable bonds is 4. The van der Waals surface area contributed by atoms with Crippen molar-refractivity contribution in [1.82, 2.24) is 9.88 Å². The summed E-state index contributed by atoms with van der Waals surface area (Å²) in [4.78, 5) is 6.33. The Morgan fingerprint density at radius 2 is 2.11 bits per heavy atom. The van der Waals surface area contributed by atoms with Gasteiger partial charge in [-0.2, -0.15) is 0 Å². The van der Waals surface area contributed by atoms with Gasteiger partial charge in [-0.05, 0) is 29.8 Å². The summed E-state index contributed by atoms with van der Waals surface area (Å²) in [7, 11) is 0. The lowest BCUT2D eigenvalue weighted by Gasteiger charge is -2.53. The molecule has 27 heavy (non-hydrogen) atoms. The molecule has 0 bridgehead atoms. The van der Waals surface area contributed by atoms with Crippen LogP contribution in [0.3, 0.4) is 0 Å². The standard InChI is InChI=1S/C20H21FN2O4/c21-16-2-1-6-22-19(16)27-15-5-7-26-20(9-15)11-23(12-20)10-14-3-4-17-18(8-14)25-13-24-17/h1-4,6,8,15H,5,7,9-13H2. The minimum absolute atomic E-state index is 0.0733. The van der Waals surface area contributed by atoms with Crippen molar-refractivity contribution in [3.05, 3.63) is 47.9 Å². The smallest absolute Gasteiger partial charge is 0.250 e. The minimum atomic E-state index is -0.420. The van der Waals surface area contributed by atoms with E-state index in [0.29, 0.717) is 6.61 Å². The largest absolute Gasteiger partial charge is 0.472 e. The molecule has 1 spiro atoms. The molecular formula is C20H21FN2O4. The summed E-state index contributed by atoms with van der Waals surface area (Å²) >= 11 is 0. The van der Waals surface area contributed by atoms with Gasteiger partial charge in [-0.25, -0.2) is 9.37 Å². The van der Waals surface area contributed by atoms with Gasteiger partial charge in [-0.15, -0.1) is 0 Å². The van der Waals surface area contributed by atoms with Gasteiger partial charge in [0.05, 0.1) is 12.2 Å². The molecule has 7 heteroatoms. The van der Waals surface area contributed by atoms with Gasteiger partial charge in [0.15, 0.2) is 17.3 Å². The second-order valence-corrected chi connectivity index (χ2v) is 7.39. The zero-order valence-corrected chi connectivity index (χ0v) is 14.9. The summed E-state index contributed by atoms with van der Waals surface area (Å²) in [5, 5.41) is 0. The van der Waals surface area contributed by atoms with E-state index in [1.165, 1.54) is 11.6 Å². The van der Waals surface area contributed by atoms with Crippen LogP contribution in [0.15, 0.2) is 36.5 Å². The van der Waals surface area contributed by atoms with E-state index in [-0.39, 0.29) is 24.4 Å². The lowest BCUT2D eigenvalue weighted by molar-refractivity contribution is -0.188. The van der Waals surface area contributed by atoms with Gasteiger partial charge in [0.25, 0.3) is 5.88 Å². The van der Waals surface area contributed by atoms with Gasteiger partial charge in [-0.3, -0.25) is 4.90 Å². The van der Waals surface area contributed by atoms with Crippen molar-refractivity contribution in [3.8, 4) is 17.4 Å². The summed E-state index contributed by atoms with van der Waals surface area (Å²) in [5.74, 6) is 1.27. The second kappa shape index (κ2) is 6.65. The third-order valence-electron chi connectivity index (χ3n) is 5.32. The fourth-order valence-corrected chi connectivity index (χ4v) is 4.10. The van der Waals surface area contributed by atoms with E-state index in [1.54, 1.807) is 12.3 Å². The molecule has 2 aromatic rings. The first-order valence-corrected chi connectivity index (χ1v) is 9.21. The van der Waals surface area contributed by atoms with Gasteiger partial charge < -0.3 is 18.9 Å². The minimum Gasteiger partial charge on any atom is -0.472 e. The Labute approximate surface area is 156 Å². The highest BCUT2D eigenvalue weighted by molar-refractivity contribution is 5.44. The first kappa shape index (κ1) is 16.8. The fourth-order valence-electron chi connectivity index (χ4n) is 4.10. The maximum Gasteiger partial charge on any atom is 0.250 e. The van der Waals surface area contributed by atoms with E-state index in [2.05, 4.69) is 16.0 Å². The van der Waals surface area contributed by atoms with Crippen LogP contribution in [0, 0.1) is 5.82 Å². The van der Waals surface area contributed by atoms with E-state index in [1.807, 2.05) is 12.1 Å². The molecule has 2 fully saturated rings.